The van der Waals surface area contributed by atoms with E-state index in [1.807, 2.05) is 0 Å². The van der Waals surface area contributed by atoms with Gasteiger partial charge in [0.15, 0.2) is 0 Å². The Hall–Kier alpha value is -1.55. The molecule has 5 N–H and O–H groups in total. The number of carboxylic acid groups (broad SMARTS) is 1. The monoisotopic (exact) mass is 208 g/mol. The van der Waals surface area contributed by atoms with E-state index in [1.54, 1.807) is 38.1 Å². The summed E-state index contributed by atoms with van der Waals surface area (Å²) in [6.45, 7) is 3.21. The summed E-state index contributed by atoms with van der Waals surface area (Å²) in [5, 5.41) is 9.02. The summed E-state index contributed by atoms with van der Waals surface area (Å²) in [7, 11) is 0. The molecule has 1 aromatic rings. The summed E-state index contributed by atoms with van der Waals surface area (Å²) in [5.74, 6) is -0.910. The smallest absolute Gasteiger partial charge is 0.311 e. The lowest BCUT2D eigenvalue weighted by atomic mass is 9.81. The van der Waals surface area contributed by atoms with E-state index in [9.17, 15) is 4.79 Å². The molecule has 1 aromatic carbocycles. The number of nitrogen functional groups attached to an aromatic ring is 1. The van der Waals surface area contributed by atoms with E-state index < -0.39 is 17.4 Å². The van der Waals surface area contributed by atoms with Gasteiger partial charge in [0, 0.05) is 11.7 Å². The van der Waals surface area contributed by atoms with Crippen LogP contribution in [-0.4, -0.2) is 11.1 Å². The number of carbonyl (C=O) groups is 1. The molecule has 82 valence electrons. The Labute approximate surface area is 88.9 Å². The van der Waals surface area contributed by atoms with Crippen LogP contribution in [0.2, 0.25) is 0 Å². The minimum absolute atomic E-state index is 0.546. The molecule has 4 heteroatoms. The SMILES string of the molecule is CC(C)(C(=O)O)C(N)c1ccc(N)cc1. The molecule has 0 aromatic heterocycles. The Balaban J connectivity index is 2.99. The molecule has 4 nitrogen and oxygen atoms in total. The molecular formula is C11H16N2O2. The maximum Gasteiger partial charge on any atom is 0.311 e. The van der Waals surface area contributed by atoms with Gasteiger partial charge in [-0.15, -0.1) is 0 Å². The summed E-state index contributed by atoms with van der Waals surface area (Å²) in [6.07, 6.45) is 0. The highest BCUT2D eigenvalue weighted by molar-refractivity contribution is 5.75. The van der Waals surface area contributed by atoms with Crippen LogP contribution in [0.4, 0.5) is 5.69 Å². The van der Waals surface area contributed by atoms with Crippen LogP contribution >= 0.6 is 0 Å². The molecule has 0 aliphatic heterocycles. The van der Waals surface area contributed by atoms with Crippen molar-refractivity contribution in [2.24, 2.45) is 11.1 Å². The predicted octanol–water partition coefficient (Wildman–Crippen LogP) is 1.38. The molecule has 0 spiro atoms. The van der Waals surface area contributed by atoms with Crippen molar-refractivity contribution in [2.75, 3.05) is 5.73 Å². The molecule has 15 heavy (non-hydrogen) atoms. The summed E-state index contributed by atoms with van der Waals surface area (Å²) in [5.41, 5.74) is 11.9. The highest BCUT2D eigenvalue weighted by Gasteiger charge is 2.35. The average molecular weight is 208 g/mol. The number of benzene rings is 1. The van der Waals surface area contributed by atoms with E-state index in [-0.39, 0.29) is 0 Å². The van der Waals surface area contributed by atoms with E-state index in [2.05, 4.69) is 0 Å². The number of hydrogen-bond donors (Lipinski definition) is 3. The highest BCUT2D eigenvalue weighted by atomic mass is 16.4. The van der Waals surface area contributed by atoms with Gasteiger partial charge in [0.05, 0.1) is 5.41 Å². The summed E-state index contributed by atoms with van der Waals surface area (Å²) in [6, 6.07) is 6.39. The van der Waals surface area contributed by atoms with Crippen LogP contribution in [0.15, 0.2) is 24.3 Å². The Kier molecular flexibility index (Phi) is 3.00. The van der Waals surface area contributed by atoms with Gasteiger partial charge in [-0.1, -0.05) is 12.1 Å². The fourth-order valence-corrected chi connectivity index (χ4v) is 1.25. The van der Waals surface area contributed by atoms with Crippen molar-refractivity contribution in [3.8, 4) is 0 Å². The fourth-order valence-electron chi connectivity index (χ4n) is 1.25. The number of carboxylic acids is 1. The van der Waals surface area contributed by atoms with Gasteiger partial charge >= 0.3 is 5.97 Å². The first-order valence-electron chi connectivity index (χ1n) is 4.70. The van der Waals surface area contributed by atoms with Crippen LogP contribution < -0.4 is 11.5 Å². The van der Waals surface area contributed by atoms with Gasteiger partial charge in [-0.05, 0) is 31.5 Å². The van der Waals surface area contributed by atoms with Gasteiger partial charge in [0.25, 0.3) is 0 Å². The summed E-state index contributed by atoms with van der Waals surface area (Å²) in [4.78, 5) is 11.0. The number of anilines is 1. The van der Waals surface area contributed by atoms with Crippen LogP contribution in [0.25, 0.3) is 0 Å². The Morgan fingerprint density at radius 1 is 1.33 bits per heavy atom. The van der Waals surface area contributed by atoms with Crippen molar-refractivity contribution in [3.63, 3.8) is 0 Å². The standard InChI is InChI=1S/C11H16N2O2/c1-11(2,10(14)15)9(13)7-3-5-8(12)6-4-7/h3-6,9H,12-13H2,1-2H3,(H,14,15). The Morgan fingerprint density at radius 3 is 2.20 bits per heavy atom. The molecule has 0 aliphatic rings. The zero-order chi connectivity index (χ0) is 11.6. The van der Waals surface area contributed by atoms with Gasteiger partial charge in [-0.3, -0.25) is 4.79 Å². The van der Waals surface area contributed by atoms with Gasteiger partial charge in [0.1, 0.15) is 0 Å². The molecule has 1 atom stereocenters. The van der Waals surface area contributed by atoms with Crippen molar-refractivity contribution >= 4 is 11.7 Å². The molecule has 0 aliphatic carbocycles. The maximum atomic E-state index is 11.0. The second-order valence-corrected chi connectivity index (χ2v) is 4.17. The fraction of sp³-hybridized carbons (Fsp3) is 0.364. The van der Waals surface area contributed by atoms with Gasteiger partial charge in [-0.25, -0.2) is 0 Å². The topological polar surface area (TPSA) is 89.3 Å². The molecule has 0 saturated carbocycles. The van der Waals surface area contributed by atoms with E-state index >= 15 is 0 Å². The van der Waals surface area contributed by atoms with Crippen molar-refractivity contribution < 1.29 is 9.90 Å². The zero-order valence-corrected chi connectivity index (χ0v) is 8.90. The van der Waals surface area contributed by atoms with Gasteiger partial charge in [-0.2, -0.15) is 0 Å². The van der Waals surface area contributed by atoms with Crippen molar-refractivity contribution in [1.82, 2.24) is 0 Å². The zero-order valence-electron chi connectivity index (χ0n) is 8.90. The number of hydrogen-bond acceptors (Lipinski definition) is 3. The molecule has 1 unspecified atom stereocenters. The van der Waals surface area contributed by atoms with E-state index in [0.717, 1.165) is 5.56 Å². The van der Waals surface area contributed by atoms with Crippen molar-refractivity contribution in [2.45, 2.75) is 19.9 Å². The Morgan fingerprint density at radius 2 is 1.80 bits per heavy atom. The van der Waals surface area contributed by atoms with Crippen LogP contribution in [0, 0.1) is 5.41 Å². The van der Waals surface area contributed by atoms with Crippen LogP contribution in [0.5, 0.6) is 0 Å². The first kappa shape index (κ1) is 11.5. The lowest BCUT2D eigenvalue weighted by molar-refractivity contribution is -0.148. The largest absolute Gasteiger partial charge is 0.481 e. The van der Waals surface area contributed by atoms with Gasteiger partial charge < -0.3 is 16.6 Å². The summed E-state index contributed by atoms with van der Waals surface area (Å²) >= 11 is 0. The second kappa shape index (κ2) is 3.90. The molecular weight excluding hydrogens is 192 g/mol. The molecule has 0 amide bonds. The van der Waals surface area contributed by atoms with Crippen LogP contribution in [0.1, 0.15) is 25.5 Å². The number of nitrogens with two attached hydrogens (primary N) is 2. The second-order valence-electron chi connectivity index (χ2n) is 4.17. The molecule has 0 fully saturated rings. The van der Waals surface area contributed by atoms with E-state index in [1.165, 1.54) is 0 Å². The van der Waals surface area contributed by atoms with E-state index in [4.69, 9.17) is 16.6 Å². The third-order valence-electron chi connectivity index (χ3n) is 2.62. The molecule has 1 rings (SSSR count). The quantitative estimate of drug-likeness (QED) is 0.654. The van der Waals surface area contributed by atoms with Crippen LogP contribution in [-0.2, 0) is 4.79 Å². The van der Waals surface area contributed by atoms with Crippen LogP contribution in [0.3, 0.4) is 0 Å². The first-order chi connectivity index (χ1) is 6.85. The lowest BCUT2D eigenvalue weighted by Gasteiger charge is -2.27. The number of rotatable bonds is 3. The normalized spacial score (nSPS) is 13.5. The molecule has 0 heterocycles. The highest BCUT2D eigenvalue weighted by Crippen LogP contribution is 2.31. The third kappa shape index (κ3) is 2.27. The summed E-state index contributed by atoms with van der Waals surface area (Å²) < 4.78 is 0. The molecule has 0 saturated heterocycles. The third-order valence-corrected chi connectivity index (χ3v) is 2.62. The Bertz CT molecular complexity index is 357. The predicted molar refractivity (Wildman–Crippen MR) is 59.2 cm³/mol. The van der Waals surface area contributed by atoms with Crippen molar-refractivity contribution in [3.05, 3.63) is 29.8 Å². The number of aliphatic carboxylic acids is 1. The maximum absolute atomic E-state index is 11.0. The molecule has 0 bridgehead atoms. The molecule has 0 radical (unpaired) electrons. The lowest BCUT2D eigenvalue weighted by Crippen LogP contribution is -2.36. The van der Waals surface area contributed by atoms with Gasteiger partial charge in [0.2, 0.25) is 0 Å². The minimum atomic E-state index is -0.990. The first-order valence-corrected chi connectivity index (χ1v) is 4.70. The van der Waals surface area contributed by atoms with Crippen molar-refractivity contribution in [1.29, 1.82) is 0 Å². The minimum Gasteiger partial charge on any atom is -0.481 e. The average Bonchev–Trinajstić information content (AvgIpc) is 2.17. The van der Waals surface area contributed by atoms with E-state index in [0.29, 0.717) is 5.69 Å².